The van der Waals surface area contributed by atoms with Gasteiger partial charge >= 0.3 is 0 Å². The Morgan fingerprint density at radius 2 is 1.95 bits per heavy atom. The summed E-state index contributed by atoms with van der Waals surface area (Å²) in [5.74, 6) is 4.54. The maximum absolute atomic E-state index is 5.90. The number of hydrogen-bond donors (Lipinski definition) is 2. The largest absolute Gasteiger partial charge is 0.384 e. The van der Waals surface area contributed by atoms with E-state index in [1.54, 1.807) is 0 Å². The van der Waals surface area contributed by atoms with Crippen molar-refractivity contribution < 1.29 is 0 Å². The predicted octanol–water partition coefficient (Wildman–Crippen LogP) is 3.17. The first-order chi connectivity index (χ1) is 9.11. The zero-order chi connectivity index (χ0) is 13.4. The van der Waals surface area contributed by atoms with Gasteiger partial charge in [0.25, 0.3) is 0 Å². The molecule has 0 radical (unpaired) electrons. The Labute approximate surface area is 115 Å². The summed E-state index contributed by atoms with van der Waals surface area (Å²) in [6.07, 6.45) is 6.25. The fourth-order valence-electron chi connectivity index (χ4n) is 3.15. The lowest BCUT2D eigenvalue weighted by atomic mass is 9.80. The normalized spacial score (nSPS) is 31.2. The topological polar surface area (TPSA) is 63.8 Å². The smallest absolute Gasteiger partial charge is 0.136 e. The van der Waals surface area contributed by atoms with E-state index in [-0.39, 0.29) is 0 Å². The number of aromatic nitrogens is 2. The molecule has 4 heteroatoms. The van der Waals surface area contributed by atoms with Gasteiger partial charge in [-0.25, -0.2) is 9.97 Å². The lowest BCUT2D eigenvalue weighted by Crippen LogP contribution is -2.33. The SMILES string of the molecule is CC1CCC(Nc2cc(N)nc(C3CC3)n2)C(C)C1. The van der Waals surface area contributed by atoms with Gasteiger partial charge in [-0.2, -0.15) is 0 Å². The van der Waals surface area contributed by atoms with Crippen LogP contribution in [0.2, 0.25) is 0 Å². The number of nitrogens with two attached hydrogens (primary N) is 1. The van der Waals surface area contributed by atoms with E-state index in [4.69, 9.17) is 5.73 Å². The molecule has 1 aromatic rings. The van der Waals surface area contributed by atoms with Crippen LogP contribution in [-0.2, 0) is 0 Å². The molecule has 2 saturated carbocycles. The van der Waals surface area contributed by atoms with Crippen molar-refractivity contribution in [1.82, 2.24) is 9.97 Å². The Morgan fingerprint density at radius 3 is 2.63 bits per heavy atom. The van der Waals surface area contributed by atoms with E-state index in [1.807, 2.05) is 6.07 Å². The summed E-state index contributed by atoms with van der Waals surface area (Å²) in [5, 5.41) is 3.58. The Hall–Kier alpha value is -1.32. The molecular weight excluding hydrogens is 236 g/mol. The molecule has 3 unspecified atom stereocenters. The monoisotopic (exact) mass is 260 g/mol. The molecular formula is C15H24N4. The molecule has 0 aliphatic heterocycles. The second kappa shape index (κ2) is 4.99. The van der Waals surface area contributed by atoms with Gasteiger partial charge < -0.3 is 11.1 Å². The molecule has 3 rings (SSSR count). The summed E-state index contributed by atoms with van der Waals surface area (Å²) in [6.45, 7) is 4.68. The third-order valence-electron chi connectivity index (χ3n) is 4.47. The molecule has 0 amide bonds. The van der Waals surface area contributed by atoms with Crippen LogP contribution in [-0.4, -0.2) is 16.0 Å². The first-order valence-corrected chi connectivity index (χ1v) is 7.53. The highest BCUT2D eigenvalue weighted by atomic mass is 15.1. The summed E-state index contributed by atoms with van der Waals surface area (Å²) in [6, 6.07) is 2.40. The van der Waals surface area contributed by atoms with E-state index in [0.717, 1.165) is 17.6 Å². The molecule has 104 valence electrons. The van der Waals surface area contributed by atoms with Crippen LogP contribution in [0.4, 0.5) is 11.6 Å². The highest BCUT2D eigenvalue weighted by molar-refractivity contribution is 5.46. The van der Waals surface area contributed by atoms with Gasteiger partial charge in [0.1, 0.15) is 17.5 Å². The zero-order valence-electron chi connectivity index (χ0n) is 11.9. The summed E-state index contributed by atoms with van der Waals surface area (Å²) in [7, 11) is 0. The van der Waals surface area contributed by atoms with Gasteiger partial charge in [0.05, 0.1) is 0 Å². The van der Waals surface area contributed by atoms with Gasteiger partial charge in [-0.05, 0) is 43.9 Å². The average Bonchev–Trinajstić information content (AvgIpc) is 3.16. The van der Waals surface area contributed by atoms with E-state index in [0.29, 0.717) is 23.7 Å². The van der Waals surface area contributed by atoms with Crippen molar-refractivity contribution in [3.63, 3.8) is 0 Å². The van der Waals surface area contributed by atoms with Crippen molar-refractivity contribution >= 4 is 11.6 Å². The molecule has 0 bridgehead atoms. The second-order valence-corrected chi connectivity index (χ2v) is 6.46. The molecule has 4 nitrogen and oxygen atoms in total. The summed E-state index contributed by atoms with van der Waals surface area (Å²) < 4.78 is 0. The lowest BCUT2D eigenvalue weighted by Gasteiger charge is -2.33. The van der Waals surface area contributed by atoms with Gasteiger partial charge in [-0.3, -0.25) is 0 Å². The molecule has 0 saturated heterocycles. The van der Waals surface area contributed by atoms with Gasteiger partial charge in [-0.1, -0.05) is 13.8 Å². The number of rotatable bonds is 3. The molecule has 0 spiro atoms. The van der Waals surface area contributed by atoms with Crippen LogP contribution in [0.5, 0.6) is 0 Å². The van der Waals surface area contributed by atoms with E-state index >= 15 is 0 Å². The van der Waals surface area contributed by atoms with E-state index in [2.05, 4.69) is 29.1 Å². The standard InChI is InChI=1S/C15H24N4/c1-9-3-6-12(10(2)7-9)17-14-8-13(16)18-15(19-14)11-4-5-11/h8-12H,3-7H2,1-2H3,(H3,16,17,18,19). The van der Waals surface area contributed by atoms with Crippen molar-refractivity contribution in [1.29, 1.82) is 0 Å². The van der Waals surface area contributed by atoms with Crippen LogP contribution >= 0.6 is 0 Å². The van der Waals surface area contributed by atoms with Crippen molar-refractivity contribution in [2.24, 2.45) is 11.8 Å². The van der Waals surface area contributed by atoms with Gasteiger partial charge in [0.15, 0.2) is 0 Å². The quantitative estimate of drug-likeness (QED) is 0.876. The van der Waals surface area contributed by atoms with Crippen molar-refractivity contribution in [2.45, 2.75) is 57.9 Å². The Morgan fingerprint density at radius 1 is 1.16 bits per heavy atom. The molecule has 2 aliphatic carbocycles. The molecule has 3 atom stereocenters. The average molecular weight is 260 g/mol. The fraction of sp³-hybridized carbons (Fsp3) is 0.733. The minimum absolute atomic E-state index is 0.526. The summed E-state index contributed by atoms with van der Waals surface area (Å²) in [5.41, 5.74) is 5.90. The van der Waals surface area contributed by atoms with Crippen LogP contribution in [0, 0.1) is 11.8 Å². The maximum Gasteiger partial charge on any atom is 0.136 e. The van der Waals surface area contributed by atoms with E-state index < -0.39 is 0 Å². The number of hydrogen-bond acceptors (Lipinski definition) is 4. The second-order valence-electron chi connectivity index (χ2n) is 6.46. The first kappa shape index (κ1) is 12.7. The Bertz CT molecular complexity index is 455. The van der Waals surface area contributed by atoms with Crippen LogP contribution in [0.1, 0.15) is 57.7 Å². The maximum atomic E-state index is 5.90. The molecule has 1 aromatic heterocycles. The summed E-state index contributed by atoms with van der Waals surface area (Å²) in [4.78, 5) is 8.99. The molecule has 19 heavy (non-hydrogen) atoms. The minimum Gasteiger partial charge on any atom is -0.384 e. The number of nitrogens with one attached hydrogen (secondary N) is 1. The highest BCUT2D eigenvalue weighted by Crippen LogP contribution is 2.39. The third kappa shape index (κ3) is 2.99. The van der Waals surface area contributed by atoms with Crippen molar-refractivity contribution in [3.8, 4) is 0 Å². The first-order valence-electron chi connectivity index (χ1n) is 7.53. The third-order valence-corrected chi connectivity index (χ3v) is 4.47. The number of anilines is 2. The van der Waals surface area contributed by atoms with Gasteiger partial charge in [0.2, 0.25) is 0 Å². The molecule has 3 N–H and O–H groups in total. The van der Waals surface area contributed by atoms with Crippen molar-refractivity contribution in [3.05, 3.63) is 11.9 Å². The minimum atomic E-state index is 0.526. The van der Waals surface area contributed by atoms with E-state index in [1.165, 1.54) is 32.1 Å². The van der Waals surface area contributed by atoms with E-state index in [9.17, 15) is 0 Å². The molecule has 2 aliphatic rings. The van der Waals surface area contributed by atoms with Crippen LogP contribution in [0.15, 0.2) is 6.07 Å². The Kier molecular flexibility index (Phi) is 3.33. The van der Waals surface area contributed by atoms with Gasteiger partial charge in [0, 0.05) is 18.0 Å². The summed E-state index contributed by atoms with van der Waals surface area (Å²) >= 11 is 0. The molecule has 0 aromatic carbocycles. The fourth-order valence-corrected chi connectivity index (χ4v) is 3.15. The molecule has 1 heterocycles. The van der Waals surface area contributed by atoms with Crippen LogP contribution in [0.25, 0.3) is 0 Å². The van der Waals surface area contributed by atoms with Crippen molar-refractivity contribution in [2.75, 3.05) is 11.1 Å². The Balaban J connectivity index is 1.72. The van der Waals surface area contributed by atoms with Crippen LogP contribution in [0.3, 0.4) is 0 Å². The number of nitrogens with zero attached hydrogens (tertiary/aromatic N) is 2. The number of nitrogen functional groups attached to an aromatic ring is 1. The molecule has 2 fully saturated rings. The zero-order valence-corrected chi connectivity index (χ0v) is 11.9. The van der Waals surface area contributed by atoms with Crippen LogP contribution < -0.4 is 11.1 Å². The predicted molar refractivity (Wildman–Crippen MR) is 78.0 cm³/mol. The van der Waals surface area contributed by atoms with Gasteiger partial charge in [-0.15, -0.1) is 0 Å². The highest BCUT2D eigenvalue weighted by Gasteiger charge is 2.28. The lowest BCUT2D eigenvalue weighted by molar-refractivity contribution is 0.276.